The van der Waals surface area contributed by atoms with E-state index < -0.39 is 6.17 Å². The highest BCUT2D eigenvalue weighted by molar-refractivity contribution is 5.14. The highest BCUT2D eigenvalue weighted by atomic mass is 19.1. The summed E-state index contributed by atoms with van der Waals surface area (Å²) in [6.45, 7) is 4.53. The lowest BCUT2D eigenvalue weighted by Crippen LogP contribution is -2.59. The van der Waals surface area contributed by atoms with Crippen LogP contribution in [0.1, 0.15) is 58.8 Å². The van der Waals surface area contributed by atoms with Gasteiger partial charge in [-0.1, -0.05) is 13.8 Å². The largest absolute Gasteiger partial charge is 0.393 e. The van der Waals surface area contributed by atoms with Crippen molar-refractivity contribution in [2.24, 2.45) is 40.2 Å². The first kappa shape index (κ1) is 16.3. The third-order valence-electron chi connectivity index (χ3n) is 8.72. The van der Waals surface area contributed by atoms with Crippen LogP contribution in [0.3, 0.4) is 0 Å². The number of halogens is 1. The van der Waals surface area contributed by atoms with E-state index in [2.05, 4.69) is 13.8 Å². The molecule has 0 spiro atoms. The van der Waals surface area contributed by atoms with Crippen molar-refractivity contribution in [3.05, 3.63) is 0 Å². The van der Waals surface area contributed by atoms with E-state index in [0.717, 1.165) is 38.5 Å². The fourth-order valence-corrected chi connectivity index (χ4v) is 7.21. The van der Waals surface area contributed by atoms with Gasteiger partial charge in [-0.15, -0.1) is 0 Å². The number of hydrogen-bond donors (Lipinski definition) is 3. The summed E-state index contributed by atoms with van der Waals surface area (Å²) in [6, 6.07) is -0.376. The smallest absolute Gasteiger partial charge is 0.116 e. The van der Waals surface area contributed by atoms with Crippen LogP contribution in [-0.2, 0) is 0 Å². The summed E-state index contributed by atoms with van der Waals surface area (Å²) in [5, 5.41) is 21.0. The second-order valence-corrected chi connectivity index (χ2v) is 9.55. The molecule has 132 valence electrons. The van der Waals surface area contributed by atoms with Gasteiger partial charge in [-0.3, -0.25) is 0 Å². The lowest BCUT2D eigenvalue weighted by Gasteiger charge is -2.62. The van der Waals surface area contributed by atoms with Crippen LogP contribution in [0.4, 0.5) is 4.39 Å². The zero-order chi connectivity index (χ0) is 16.6. The molecule has 4 fully saturated rings. The van der Waals surface area contributed by atoms with E-state index in [-0.39, 0.29) is 40.9 Å². The van der Waals surface area contributed by atoms with Crippen LogP contribution in [0.15, 0.2) is 0 Å². The SMILES string of the molecule is C[C@]12CC[C@H]3[C@@H]([C@@H](O)CC4C[C@@H](O)CC[C@@]43C)[C@@H]1C[C@@H](F)[C@@H]2N. The Morgan fingerprint density at radius 1 is 0.957 bits per heavy atom. The first-order chi connectivity index (χ1) is 10.8. The predicted molar refractivity (Wildman–Crippen MR) is 87.4 cm³/mol. The Hall–Kier alpha value is -0.190. The van der Waals surface area contributed by atoms with Gasteiger partial charge in [0.25, 0.3) is 0 Å². The summed E-state index contributed by atoms with van der Waals surface area (Å²) in [5.74, 6) is 1.27. The minimum absolute atomic E-state index is 0.154. The van der Waals surface area contributed by atoms with E-state index in [0.29, 0.717) is 18.3 Å². The van der Waals surface area contributed by atoms with Gasteiger partial charge >= 0.3 is 0 Å². The van der Waals surface area contributed by atoms with Crippen molar-refractivity contribution in [3.8, 4) is 0 Å². The molecule has 10 atom stereocenters. The lowest BCUT2D eigenvalue weighted by molar-refractivity contribution is -0.169. The average molecular weight is 325 g/mol. The summed E-state index contributed by atoms with van der Waals surface area (Å²) in [7, 11) is 0. The predicted octanol–water partition coefficient (Wildman–Crippen LogP) is 2.64. The van der Waals surface area contributed by atoms with Gasteiger partial charge in [-0.05, 0) is 79.4 Å². The van der Waals surface area contributed by atoms with Crippen LogP contribution in [0.2, 0.25) is 0 Å². The van der Waals surface area contributed by atoms with Crippen molar-refractivity contribution in [3.63, 3.8) is 0 Å². The molecule has 23 heavy (non-hydrogen) atoms. The van der Waals surface area contributed by atoms with Gasteiger partial charge in [-0.2, -0.15) is 0 Å². The van der Waals surface area contributed by atoms with E-state index in [4.69, 9.17) is 5.73 Å². The Morgan fingerprint density at radius 3 is 2.39 bits per heavy atom. The summed E-state index contributed by atoms with van der Waals surface area (Å²) >= 11 is 0. The van der Waals surface area contributed by atoms with E-state index >= 15 is 0 Å². The van der Waals surface area contributed by atoms with E-state index in [1.165, 1.54) is 0 Å². The minimum Gasteiger partial charge on any atom is -0.393 e. The molecule has 3 nitrogen and oxygen atoms in total. The first-order valence-corrected chi connectivity index (χ1v) is 9.53. The molecule has 0 aromatic carbocycles. The highest BCUT2D eigenvalue weighted by Crippen LogP contribution is 2.66. The Labute approximate surface area is 138 Å². The molecule has 4 saturated carbocycles. The molecular weight excluding hydrogens is 293 g/mol. The molecule has 0 saturated heterocycles. The van der Waals surface area contributed by atoms with Crippen molar-refractivity contribution in [1.82, 2.24) is 0 Å². The van der Waals surface area contributed by atoms with Crippen molar-refractivity contribution < 1.29 is 14.6 Å². The lowest BCUT2D eigenvalue weighted by atomic mass is 9.44. The number of nitrogens with two attached hydrogens (primary N) is 1. The van der Waals surface area contributed by atoms with Crippen LogP contribution in [0.25, 0.3) is 0 Å². The first-order valence-electron chi connectivity index (χ1n) is 9.53. The van der Waals surface area contributed by atoms with Crippen LogP contribution < -0.4 is 5.73 Å². The van der Waals surface area contributed by atoms with Crippen molar-refractivity contribution in [1.29, 1.82) is 0 Å². The molecule has 0 radical (unpaired) electrons. The van der Waals surface area contributed by atoms with Gasteiger partial charge in [0.05, 0.1) is 12.2 Å². The summed E-state index contributed by atoms with van der Waals surface area (Å²) in [6.07, 6.45) is 4.59. The maximum Gasteiger partial charge on any atom is 0.116 e. The molecule has 4 aliphatic carbocycles. The molecular formula is C19H32FNO2. The van der Waals surface area contributed by atoms with Crippen molar-refractivity contribution in [2.45, 2.75) is 83.2 Å². The minimum atomic E-state index is -0.922. The average Bonchev–Trinajstić information content (AvgIpc) is 2.73. The van der Waals surface area contributed by atoms with Gasteiger partial charge in [-0.25, -0.2) is 4.39 Å². The molecule has 1 unspecified atom stereocenters. The number of fused-ring (bicyclic) bond motifs is 5. The Bertz CT molecular complexity index is 488. The highest BCUT2D eigenvalue weighted by Gasteiger charge is 2.63. The van der Waals surface area contributed by atoms with Crippen molar-refractivity contribution >= 4 is 0 Å². The molecule has 0 aromatic rings. The summed E-state index contributed by atoms with van der Waals surface area (Å²) < 4.78 is 14.4. The molecule has 0 aliphatic heterocycles. The molecule has 0 amide bonds. The number of alkyl halides is 1. The molecule has 4 N–H and O–H groups in total. The van der Waals surface area contributed by atoms with Crippen LogP contribution in [-0.4, -0.2) is 34.6 Å². The molecule has 0 bridgehead atoms. The maximum atomic E-state index is 14.4. The monoisotopic (exact) mass is 325 g/mol. The van der Waals surface area contributed by atoms with Gasteiger partial charge < -0.3 is 15.9 Å². The second kappa shape index (κ2) is 5.15. The second-order valence-electron chi connectivity index (χ2n) is 9.55. The van der Waals surface area contributed by atoms with E-state index in [1.807, 2.05) is 0 Å². The Balaban J connectivity index is 1.68. The number of hydrogen-bond acceptors (Lipinski definition) is 3. The van der Waals surface area contributed by atoms with E-state index in [9.17, 15) is 14.6 Å². The van der Waals surface area contributed by atoms with Gasteiger partial charge in [0.2, 0.25) is 0 Å². The number of aliphatic hydroxyl groups is 2. The molecule has 4 aliphatic rings. The van der Waals surface area contributed by atoms with Crippen LogP contribution in [0.5, 0.6) is 0 Å². The molecule has 4 heteroatoms. The molecule has 4 rings (SSSR count). The quantitative estimate of drug-likeness (QED) is 0.641. The fraction of sp³-hybridized carbons (Fsp3) is 1.00. The third kappa shape index (κ3) is 2.10. The summed E-state index contributed by atoms with van der Waals surface area (Å²) in [5.41, 5.74) is 6.27. The van der Waals surface area contributed by atoms with Gasteiger partial charge in [0.15, 0.2) is 0 Å². The van der Waals surface area contributed by atoms with Gasteiger partial charge in [0, 0.05) is 6.04 Å². The van der Waals surface area contributed by atoms with Crippen LogP contribution >= 0.6 is 0 Å². The topological polar surface area (TPSA) is 66.5 Å². The van der Waals surface area contributed by atoms with Gasteiger partial charge in [0.1, 0.15) is 6.17 Å². The van der Waals surface area contributed by atoms with Crippen LogP contribution in [0, 0.1) is 34.5 Å². The molecule has 0 aromatic heterocycles. The number of aliphatic hydroxyl groups excluding tert-OH is 2. The zero-order valence-electron chi connectivity index (χ0n) is 14.4. The number of rotatable bonds is 0. The maximum absolute atomic E-state index is 14.4. The third-order valence-corrected chi connectivity index (χ3v) is 8.72. The standard InChI is InChI=1S/C19H32FNO2/c1-18-5-3-11(22)7-10(18)8-15(23)16-12(18)4-6-19(2)13(16)9-14(20)17(19)21/h10-17,22-23H,3-9,21H2,1-2H3/t10?,11-,12-,13-,14+,15-,16+,17-,18-,19-/m0/s1. The van der Waals surface area contributed by atoms with Crippen molar-refractivity contribution in [2.75, 3.05) is 0 Å². The zero-order valence-corrected chi connectivity index (χ0v) is 14.4. The van der Waals surface area contributed by atoms with E-state index in [1.54, 1.807) is 0 Å². The Morgan fingerprint density at radius 2 is 1.65 bits per heavy atom. The normalized spacial score (nSPS) is 62.3. The fourth-order valence-electron chi connectivity index (χ4n) is 7.21. The Kier molecular flexibility index (Phi) is 3.65. The summed E-state index contributed by atoms with van der Waals surface area (Å²) in [4.78, 5) is 0. The molecule has 0 heterocycles.